The SMILES string of the molecule is Cc1cc(N2CCN(S(=O)(=O)c3ccccc3C#N)CC2)c2ccc(F)c(F)c2n1. The molecule has 0 aliphatic carbocycles. The van der Waals surface area contributed by atoms with Crippen LogP contribution >= 0.6 is 0 Å². The predicted octanol–water partition coefficient (Wildman–Crippen LogP) is 3.20. The van der Waals surface area contributed by atoms with E-state index in [-0.39, 0.29) is 29.1 Å². The van der Waals surface area contributed by atoms with Gasteiger partial charge in [-0.05, 0) is 37.3 Å². The van der Waals surface area contributed by atoms with Gasteiger partial charge in [-0.2, -0.15) is 9.57 Å². The van der Waals surface area contributed by atoms with Crippen LogP contribution < -0.4 is 4.90 Å². The van der Waals surface area contributed by atoms with Crippen molar-refractivity contribution in [2.75, 3.05) is 31.1 Å². The first-order valence-electron chi connectivity index (χ1n) is 9.32. The number of aromatic nitrogens is 1. The van der Waals surface area contributed by atoms with Gasteiger partial charge in [0.25, 0.3) is 0 Å². The maximum absolute atomic E-state index is 14.2. The minimum absolute atomic E-state index is 0.0105. The second-order valence-electron chi connectivity index (χ2n) is 7.04. The number of sulfonamides is 1. The molecule has 0 atom stereocenters. The van der Waals surface area contributed by atoms with Crippen molar-refractivity contribution in [2.45, 2.75) is 11.8 Å². The molecule has 30 heavy (non-hydrogen) atoms. The summed E-state index contributed by atoms with van der Waals surface area (Å²) in [5, 5.41) is 9.71. The number of hydrogen-bond acceptors (Lipinski definition) is 5. The van der Waals surface area contributed by atoms with Gasteiger partial charge in [0.1, 0.15) is 11.6 Å². The Morgan fingerprint density at radius 1 is 1.07 bits per heavy atom. The summed E-state index contributed by atoms with van der Waals surface area (Å²) in [7, 11) is -3.81. The molecule has 9 heteroatoms. The average Bonchev–Trinajstić information content (AvgIpc) is 2.76. The van der Waals surface area contributed by atoms with Crippen LogP contribution in [0.4, 0.5) is 14.5 Å². The van der Waals surface area contributed by atoms with Crippen molar-refractivity contribution >= 4 is 26.6 Å². The topological polar surface area (TPSA) is 77.3 Å². The zero-order valence-corrected chi connectivity index (χ0v) is 17.0. The van der Waals surface area contributed by atoms with E-state index in [2.05, 4.69) is 4.98 Å². The highest BCUT2D eigenvalue weighted by Gasteiger charge is 2.31. The van der Waals surface area contributed by atoms with Crippen molar-refractivity contribution in [3.63, 3.8) is 0 Å². The Bertz CT molecular complexity index is 1280. The normalized spacial score (nSPS) is 15.3. The van der Waals surface area contributed by atoms with Crippen molar-refractivity contribution < 1.29 is 17.2 Å². The van der Waals surface area contributed by atoms with E-state index in [1.165, 1.54) is 22.5 Å². The number of benzene rings is 2. The molecule has 0 unspecified atom stereocenters. The smallest absolute Gasteiger partial charge is 0.244 e. The van der Waals surface area contributed by atoms with Crippen molar-refractivity contribution in [3.8, 4) is 6.07 Å². The van der Waals surface area contributed by atoms with Crippen molar-refractivity contribution in [2.24, 2.45) is 0 Å². The molecule has 4 rings (SSSR count). The Labute approximate surface area is 173 Å². The summed E-state index contributed by atoms with van der Waals surface area (Å²) < 4.78 is 55.2. The van der Waals surface area contributed by atoms with E-state index in [1.807, 2.05) is 11.0 Å². The van der Waals surface area contributed by atoms with Gasteiger partial charge in [0.05, 0.1) is 10.5 Å². The zero-order chi connectivity index (χ0) is 21.5. The van der Waals surface area contributed by atoms with Gasteiger partial charge < -0.3 is 4.90 Å². The van der Waals surface area contributed by atoms with E-state index in [1.54, 1.807) is 25.1 Å². The number of nitrogens with zero attached hydrogens (tertiary/aromatic N) is 4. The van der Waals surface area contributed by atoms with Crippen LogP contribution in [0.15, 0.2) is 47.4 Å². The van der Waals surface area contributed by atoms with Crippen LogP contribution in [0.1, 0.15) is 11.3 Å². The Morgan fingerprint density at radius 2 is 1.77 bits per heavy atom. The van der Waals surface area contributed by atoms with Gasteiger partial charge in [-0.1, -0.05) is 12.1 Å². The van der Waals surface area contributed by atoms with Gasteiger partial charge >= 0.3 is 0 Å². The number of anilines is 1. The molecule has 0 saturated carbocycles. The molecule has 0 amide bonds. The number of aryl methyl sites for hydroxylation is 1. The van der Waals surface area contributed by atoms with Gasteiger partial charge in [-0.25, -0.2) is 22.2 Å². The van der Waals surface area contributed by atoms with Crippen molar-refractivity contribution in [1.82, 2.24) is 9.29 Å². The first-order chi connectivity index (χ1) is 14.3. The lowest BCUT2D eigenvalue weighted by molar-refractivity contribution is 0.385. The monoisotopic (exact) mass is 428 g/mol. The third kappa shape index (κ3) is 3.38. The quantitative estimate of drug-likeness (QED) is 0.640. The van der Waals surface area contributed by atoms with Crippen LogP contribution in [0.2, 0.25) is 0 Å². The van der Waals surface area contributed by atoms with Crippen LogP contribution in [-0.4, -0.2) is 43.9 Å². The molecule has 6 nitrogen and oxygen atoms in total. The fourth-order valence-electron chi connectivity index (χ4n) is 3.69. The van der Waals surface area contributed by atoms with Crippen molar-refractivity contribution in [1.29, 1.82) is 5.26 Å². The molecule has 0 radical (unpaired) electrons. The van der Waals surface area contributed by atoms with Crippen LogP contribution in [-0.2, 0) is 10.0 Å². The Kier molecular flexibility index (Phi) is 5.13. The molecule has 1 aliphatic rings. The molecule has 0 spiro atoms. The van der Waals surface area contributed by atoms with E-state index >= 15 is 0 Å². The minimum atomic E-state index is -3.81. The molecule has 2 heterocycles. The third-order valence-corrected chi connectivity index (χ3v) is 7.14. The standard InChI is InChI=1S/C21H18F2N4O2S/c1-14-12-18(16-6-7-17(22)20(23)21(16)25-14)26-8-10-27(11-9-26)30(28,29)19-5-3-2-4-15(19)13-24/h2-7,12H,8-11H2,1H3. The molecular formula is C21H18F2N4O2S. The molecule has 0 N–H and O–H groups in total. The number of halogens is 2. The van der Waals surface area contributed by atoms with Gasteiger partial charge in [0.15, 0.2) is 11.6 Å². The van der Waals surface area contributed by atoms with Crippen molar-refractivity contribution in [3.05, 3.63) is 65.4 Å². The summed E-state index contributed by atoms with van der Waals surface area (Å²) in [6.45, 7) is 2.84. The number of fused-ring (bicyclic) bond motifs is 1. The first kappa shape index (κ1) is 20.2. The average molecular weight is 428 g/mol. The molecule has 1 aromatic heterocycles. The Morgan fingerprint density at radius 3 is 2.47 bits per heavy atom. The minimum Gasteiger partial charge on any atom is -0.368 e. The van der Waals surface area contributed by atoms with E-state index in [0.29, 0.717) is 29.9 Å². The molecule has 0 bridgehead atoms. The molecule has 2 aromatic carbocycles. The number of rotatable bonds is 3. The maximum Gasteiger partial charge on any atom is 0.244 e. The summed E-state index contributed by atoms with van der Waals surface area (Å²) in [6.07, 6.45) is 0. The number of pyridine rings is 1. The van der Waals surface area contributed by atoms with Gasteiger partial charge in [-0.3, -0.25) is 0 Å². The molecule has 154 valence electrons. The van der Waals surface area contributed by atoms with Gasteiger partial charge in [0, 0.05) is 42.9 Å². The Balaban J connectivity index is 1.63. The molecule has 1 aliphatic heterocycles. The fourth-order valence-corrected chi connectivity index (χ4v) is 5.26. The number of nitriles is 1. The second kappa shape index (κ2) is 7.63. The number of hydrogen-bond donors (Lipinski definition) is 0. The molecular weight excluding hydrogens is 410 g/mol. The third-order valence-electron chi connectivity index (χ3n) is 5.18. The highest BCUT2D eigenvalue weighted by atomic mass is 32.2. The van der Waals surface area contributed by atoms with E-state index < -0.39 is 21.7 Å². The van der Waals surface area contributed by atoms with Crippen LogP contribution in [0.25, 0.3) is 10.9 Å². The maximum atomic E-state index is 14.2. The first-order valence-corrected chi connectivity index (χ1v) is 10.8. The van der Waals surface area contributed by atoms with Gasteiger partial charge in [-0.15, -0.1) is 0 Å². The van der Waals surface area contributed by atoms with E-state index in [9.17, 15) is 22.5 Å². The summed E-state index contributed by atoms with van der Waals surface area (Å²) in [4.78, 5) is 6.06. The highest BCUT2D eigenvalue weighted by molar-refractivity contribution is 7.89. The summed E-state index contributed by atoms with van der Waals surface area (Å²) in [6, 6.07) is 12.4. The molecule has 1 fully saturated rings. The van der Waals surface area contributed by atoms with Crippen LogP contribution in [0.3, 0.4) is 0 Å². The van der Waals surface area contributed by atoms with Crippen LogP contribution in [0.5, 0.6) is 0 Å². The van der Waals surface area contributed by atoms with E-state index in [0.717, 1.165) is 6.07 Å². The lowest BCUT2D eigenvalue weighted by Gasteiger charge is -2.36. The fraction of sp³-hybridized carbons (Fsp3) is 0.238. The van der Waals surface area contributed by atoms with Gasteiger partial charge in [0.2, 0.25) is 10.0 Å². The molecule has 3 aromatic rings. The predicted molar refractivity (Wildman–Crippen MR) is 109 cm³/mol. The van der Waals surface area contributed by atoms with E-state index in [4.69, 9.17) is 0 Å². The second-order valence-corrected chi connectivity index (χ2v) is 8.95. The lowest BCUT2D eigenvalue weighted by atomic mass is 10.1. The summed E-state index contributed by atoms with van der Waals surface area (Å²) >= 11 is 0. The summed E-state index contributed by atoms with van der Waals surface area (Å²) in [5.74, 6) is -1.95. The highest BCUT2D eigenvalue weighted by Crippen LogP contribution is 2.31. The lowest BCUT2D eigenvalue weighted by Crippen LogP contribution is -2.48. The number of piperazine rings is 1. The Hall–Kier alpha value is -3.09. The van der Waals surface area contributed by atoms with Crippen LogP contribution in [0, 0.1) is 29.9 Å². The largest absolute Gasteiger partial charge is 0.368 e. The molecule has 1 saturated heterocycles. The summed E-state index contributed by atoms with van der Waals surface area (Å²) in [5.41, 5.74) is 1.29. The zero-order valence-electron chi connectivity index (χ0n) is 16.1.